The van der Waals surface area contributed by atoms with Gasteiger partial charge in [-0.15, -0.1) is 0 Å². The summed E-state index contributed by atoms with van der Waals surface area (Å²) < 4.78 is 0. The van der Waals surface area contributed by atoms with Crippen LogP contribution in [0.2, 0.25) is 0 Å². The van der Waals surface area contributed by atoms with E-state index in [9.17, 15) is 0 Å². The summed E-state index contributed by atoms with van der Waals surface area (Å²) in [6, 6.07) is 6.58. The Hall–Kier alpha value is -0.860. The van der Waals surface area contributed by atoms with E-state index in [1.807, 2.05) is 0 Å². The topological polar surface area (TPSA) is 35.2 Å². The van der Waals surface area contributed by atoms with Gasteiger partial charge < -0.3 is 0 Å². The first-order valence-corrected chi connectivity index (χ1v) is 5.24. The van der Waals surface area contributed by atoms with E-state index in [-0.39, 0.29) is 0 Å². The van der Waals surface area contributed by atoms with E-state index in [4.69, 9.17) is 5.90 Å². The molecule has 1 unspecified atom stereocenters. The quantitative estimate of drug-likeness (QED) is 0.729. The van der Waals surface area contributed by atoms with Gasteiger partial charge in [0.15, 0.2) is 0 Å². The molecule has 14 heavy (non-hydrogen) atoms. The minimum atomic E-state index is 0.514. The molecular formula is C12H17NO. The summed E-state index contributed by atoms with van der Waals surface area (Å²) in [6.07, 6.45) is 3.85. The number of hydrogen-bond donors (Lipinski definition) is 1. The molecule has 1 aromatic carbocycles. The Kier molecular flexibility index (Phi) is 2.85. The third-order valence-electron chi connectivity index (χ3n) is 3.07. The average molecular weight is 191 g/mol. The molecule has 0 spiro atoms. The molecule has 1 aromatic rings. The minimum Gasteiger partial charge on any atom is -0.300 e. The van der Waals surface area contributed by atoms with Crippen LogP contribution in [0.3, 0.4) is 0 Å². The zero-order chi connectivity index (χ0) is 9.97. The lowest BCUT2D eigenvalue weighted by Gasteiger charge is -2.22. The number of hydrogen-bond acceptors (Lipinski definition) is 2. The number of rotatable bonds is 2. The molecule has 0 heterocycles. The highest BCUT2D eigenvalue weighted by atomic mass is 16.6. The molecule has 0 amide bonds. The van der Waals surface area contributed by atoms with Crippen LogP contribution < -0.4 is 5.90 Å². The van der Waals surface area contributed by atoms with Crippen LogP contribution in [0.25, 0.3) is 0 Å². The molecule has 0 saturated carbocycles. The van der Waals surface area contributed by atoms with Crippen molar-refractivity contribution in [3.05, 3.63) is 34.9 Å². The van der Waals surface area contributed by atoms with Crippen molar-refractivity contribution >= 4 is 0 Å². The molecule has 1 aliphatic rings. The standard InChI is InChI=1S/C12H17NO/c1-9-3-2-4-11-6-5-10(8-14-13)7-12(9)11/h5-7,9H,2-4,8,13H2,1H3. The fourth-order valence-electron chi connectivity index (χ4n) is 2.27. The molecule has 0 saturated heterocycles. The summed E-state index contributed by atoms with van der Waals surface area (Å²) in [5.74, 6) is 5.76. The van der Waals surface area contributed by atoms with Crippen LogP contribution in [-0.2, 0) is 17.9 Å². The van der Waals surface area contributed by atoms with Crippen molar-refractivity contribution in [2.45, 2.75) is 38.7 Å². The Morgan fingerprint density at radius 1 is 1.50 bits per heavy atom. The van der Waals surface area contributed by atoms with Gasteiger partial charge in [0, 0.05) is 0 Å². The van der Waals surface area contributed by atoms with Gasteiger partial charge in [-0.1, -0.05) is 25.1 Å². The number of aryl methyl sites for hydroxylation is 1. The van der Waals surface area contributed by atoms with Crippen molar-refractivity contribution in [1.82, 2.24) is 0 Å². The lowest BCUT2D eigenvalue weighted by Crippen LogP contribution is -2.08. The van der Waals surface area contributed by atoms with Gasteiger partial charge in [-0.25, -0.2) is 5.90 Å². The predicted octanol–water partition coefficient (Wildman–Crippen LogP) is 2.52. The molecule has 0 aromatic heterocycles. The third kappa shape index (κ3) is 1.81. The number of nitrogens with two attached hydrogens (primary N) is 1. The molecular weight excluding hydrogens is 174 g/mol. The van der Waals surface area contributed by atoms with Gasteiger partial charge in [0.2, 0.25) is 0 Å². The molecule has 1 aliphatic carbocycles. The van der Waals surface area contributed by atoms with Crippen molar-refractivity contribution in [2.75, 3.05) is 0 Å². The van der Waals surface area contributed by atoms with Crippen molar-refractivity contribution in [2.24, 2.45) is 5.90 Å². The van der Waals surface area contributed by atoms with Gasteiger partial charge in [-0.2, -0.15) is 0 Å². The molecule has 2 heteroatoms. The van der Waals surface area contributed by atoms with Gasteiger partial charge in [-0.3, -0.25) is 4.84 Å². The largest absolute Gasteiger partial charge is 0.300 e. The fourth-order valence-corrected chi connectivity index (χ4v) is 2.27. The highest BCUT2D eigenvalue weighted by Crippen LogP contribution is 2.31. The van der Waals surface area contributed by atoms with E-state index in [1.165, 1.54) is 36.0 Å². The van der Waals surface area contributed by atoms with Crippen LogP contribution in [0.5, 0.6) is 0 Å². The van der Waals surface area contributed by atoms with E-state index >= 15 is 0 Å². The second-order valence-corrected chi connectivity index (χ2v) is 4.14. The highest BCUT2D eigenvalue weighted by Gasteiger charge is 2.16. The molecule has 1 atom stereocenters. The van der Waals surface area contributed by atoms with Gasteiger partial charge in [-0.05, 0) is 41.9 Å². The Bertz CT molecular complexity index is 322. The fraction of sp³-hybridized carbons (Fsp3) is 0.500. The average Bonchev–Trinajstić information content (AvgIpc) is 2.20. The highest BCUT2D eigenvalue weighted by molar-refractivity contribution is 5.36. The summed E-state index contributed by atoms with van der Waals surface area (Å²) in [5.41, 5.74) is 4.18. The Labute approximate surface area is 85.0 Å². The van der Waals surface area contributed by atoms with Crippen molar-refractivity contribution < 1.29 is 4.84 Å². The molecule has 0 radical (unpaired) electrons. The zero-order valence-electron chi connectivity index (χ0n) is 8.62. The molecule has 2 nitrogen and oxygen atoms in total. The van der Waals surface area contributed by atoms with Gasteiger partial charge in [0.05, 0.1) is 6.61 Å². The van der Waals surface area contributed by atoms with Crippen molar-refractivity contribution in [3.8, 4) is 0 Å². The second kappa shape index (κ2) is 4.11. The van der Waals surface area contributed by atoms with Crippen molar-refractivity contribution in [1.29, 1.82) is 0 Å². The van der Waals surface area contributed by atoms with E-state index in [0.29, 0.717) is 12.5 Å². The molecule has 2 rings (SSSR count). The maximum absolute atomic E-state index is 5.07. The first-order chi connectivity index (χ1) is 6.81. The monoisotopic (exact) mass is 191 g/mol. The van der Waals surface area contributed by atoms with Crippen LogP contribution in [0.1, 0.15) is 42.4 Å². The van der Waals surface area contributed by atoms with Crippen molar-refractivity contribution in [3.63, 3.8) is 0 Å². The van der Waals surface area contributed by atoms with E-state index in [1.54, 1.807) is 0 Å². The summed E-state index contributed by atoms with van der Waals surface area (Å²) >= 11 is 0. The predicted molar refractivity (Wildman–Crippen MR) is 56.8 cm³/mol. The van der Waals surface area contributed by atoms with Gasteiger partial charge in [0.1, 0.15) is 0 Å². The smallest absolute Gasteiger partial charge is 0.0930 e. The normalized spacial score (nSPS) is 20.6. The van der Waals surface area contributed by atoms with Crippen LogP contribution in [-0.4, -0.2) is 0 Å². The first kappa shape index (κ1) is 9.69. The summed E-state index contributed by atoms with van der Waals surface area (Å²) in [6.45, 7) is 2.81. The molecule has 2 N–H and O–H groups in total. The van der Waals surface area contributed by atoms with Gasteiger partial charge in [0.25, 0.3) is 0 Å². The second-order valence-electron chi connectivity index (χ2n) is 4.14. The lowest BCUT2D eigenvalue weighted by atomic mass is 9.83. The van der Waals surface area contributed by atoms with Gasteiger partial charge >= 0.3 is 0 Å². The molecule has 76 valence electrons. The Balaban J connectivity index is 2.31. The van der Waals surface area contributed by atoms with E-state index < -0.39 is 0 Å². The minimum absolute atomic E-state index is 0.514. The zero-order valence-corrected chi connectivity index (χ0v) is 8.62. The maximum atomic E-state index is 5.07. The van der Waals surface area contributed by atoms with Crippen LogP contribution >= 0.6 is 0 Å². The number of fused-ring (bicyclic) bond motifs is 1. The van der Waals surface area contributed by atoms with Crippen LogP contribution in [0.15, 0.2) is 18.2 Å². The van der Waals surface area contributed by atoms with E-state index in [0.717, 1.165) is 0 Å². The summed E-state index contributed by atoms with van der Waals surface area (Å²) in [5, 5.41) is 0. The summed E-state index contributed by atoms with van der Waals surface area (Å²) in [7, 11) is 0. The lowest BCUT2D eigenvalue weighted by molar-refractivity contribution is 0.124. The van der Waals surface area contributed by atoms with Crippen LogP contribution in [0.4, 0.5) is 0 Å². The summed E-state index contributed by atoms with van der Waals surface area (Å²) in [4.78, 5) is 4.65. The SMILES string of the molecule is CC1CCCc2ccc(CON)cc21. The maximum Gasteiger partial charge on any atom is 0.0930 e. The first-order valence-electron chi connectivity index (χ1n) is 5.24. The molecule has 0 bridgehead atoms. The van der Waals surface area contributed by atoms with E-state index in [2.05, 4.69) is 30.0 Å². The number of benzene rings is 1. The molecule has 0 fully saturated rings. The third-order valence-corrected chi connectivity index (χ3v) is 3.07. The Morgan fingerprint density at radius 2 is 2.36 bits per heavy atom. The molecule has 0 aliphatic heterocycles. The van der Waals surface area contributed by atoms with Crippen LogP contribution in [0, 0.1) is 0 Å². The Morgan fingerprint density at radius 3 is 3.14 bits per heavy atom.